The Bertz CT molecular complexity index is 487. The molecule has 0 bridgehead atoms. The minimum absolute atomic E-state index is 0. The highest BCUT2D eigenvalue weighted by atomic mass is 127. The van der Waals surface area contributed by atoms with Gasteiger partial charge < -0.3 is 15.4 Å². The van der Waals surface area contributed by atoms with E-state index < -0.39 is 6.61 Å². The van der Waals surface area contributed by atoms with Crippen LogP contribution in [-0.4, -0.2) is 26.2 Å². The van der Waals surface area contributed by atoms with Gasteiger partial charge in [-0.3, -0.25) is 4.99 Å². The number of alkyl halides is 2. The van der Waals surface area contributed by atoms with Crippen molar-refractivity contribution in [3.8, 4) is 5.75 Å². The predicted molar refractivity (Wildman–Crippen MR) is 96.5 cm³/mol. The Kier molecular flexibility index (Phi) is 10.4. The van der Waals surface area contributed by atoms with E-state index in [1.54, 1.807) is 13.1 Å². The first-order valence-electron chi connectivity index (χ1n) is 6.60. The minimum Gasteiger partial charge on any atom is -0.434 e. The van der Waals surface area contributed by atoms with Crippen LogP contribution in [0.1, 0.15) is 19.4 Å². The van der Waals surface area contributed by atoms with Crippen molar-refractivity contribution in [2.24, 2.45) is 10.9 Å². The van der Waals surface area contributed by atoms with Crippen molar-refractivity contribution in [3.05, 3.63) is 28.8 Å². The summed E-state index contributed by atoms with van der Waals surface area (Å²) in [4.78, 5) is 4.06. The van der Waals surface area contributed by atoms with Gasteiger partial charge in [-0.1, -0.05) is 25.4 Å². The minimum atomic E-state index is -2.87. The lowest BCUT2D eigenvalue weighted by atomic mass is 10.2. The molecular formula is C14H21ClF2IN3O. The van der Waals surface area contributed by atoms with E-state index in [4.69, 9.17) is 11.6 Å². The van der Waals surface area contributed by atoms with Crippen LogP contribution in [0.4, 0.5) is 8.78 Å². The third kappa shape index (κ3) is 7.98. The Morgan fingerprint density at radius 1 is 1.32 bits per heavy atom. The van der Waals surface area contributed by atoms with Crippen LogP contribution in [0.25, 0.3) is 0 Å². The number of hydrogen-bond donors (Lipinski definition) is 2. The summed E-state index contributed by atoms with van der Waals surface area (Å²) in [5.41, 5.74) is 0.537. The van der Waals surface area contributed by atoms with E-state index in [9.17, 15) is 8.78 Å². The van der Waals surface area contributed by atoms with Gasteiger partial charge in [0, 0.05) is 30.7 Å². The highest BCUT2D eigenvalue weighted by molar-refractivity contribution is 14.0. The summed E-state index contributed by atoms with van der Waals surface area (Å²) in [6.45, 7) is 2.32. The number of nitrogens with one attached hydrogen (secondary N) is 2. The molecule has 0 saturated heterocycles. The SMILES string of the molecule is CN=C(NCc1cc(Cl)ccc1OC(F)F)NCC(C)C.I. The van der Waals surface area contributed by atoms with Crippen molar-refractivity contribution < 1.29 is 13.5 Å². The van der Waals surface area contributed by atoms with Gasteiger partial charge in [-0.05, 0) is 24.1 Å². The lowest BCUT2D eigenvalue weighted by Gasteiger charge is -2.15. The summed E-state index contributed by atoms with van der Waals surface area (Å²) in [5.74, 6) is 1.15. The van der Waals surface area contributed by atoms with Crippen LogP contribution in [0.2, 0.25) is 5.02 Å². The maximum absolute atomic E-state index is 12.4. The van der Waals surface area contributed by atoms with Gasteiger partial charge in [0.25, 0.3) is 0 Å². The molecule has 0 fully saturated rings. The summed E-state index contributed by atoms with van der Waals surface area (Å²) in [7, 11) is 1.64. The van der Waals surface area contributed by atoms with Crippen molar-refractivity contribution >= 4 is 41.5 Å². The number of benzene rings is 1. The van der Waals surface area contributed by atoms with Crippen LogP contribution >= 0.6 is 35.6 Å². The summed E-state index contributed by atoms with van der Waals surface area (Å²) in [5, 5.41) is 6.63. The fraction of sp³-hybridized carbons (Fsp3) is 0.500. The van der Waals surface area contributed by atoms with Gasteiger partial charge in [-0.25, -0.2) is 0 Å². The first kappa shape index (κ1) is 21.2. The molecule has 0 radical (unpaired) electrons. The van der Waals surface area contributed by atoms with Gasteiger partial charge >= 0.3 is 6.61 Å². The normalized spacial score (nSPS) is 11.4. The number of hydrogen-bond acceptors (Lipinski definition) is 2. The van der Waals surface area contributed by atoms with Crippen LogP contribution in [-0.2, 0) is 6.54 Å². The molecule has 0 aliphatic rings. The van der Waals surface area contributed by atoms with Crippen LogP contribution in [0, 0.1) is 5.92 Å². The molecule has 0 aliphatic heterocycles. The molecule has 0 aromatic heterocycles. The number of rotatable bonds is 6. The molecule has 126 valence electrons. The summed E-state index contributed by atoms with van der Waals surface area (Å²) >= 11 is 5.89. The van der Waals surface area contributed by atoms with Crippen molar-refractivity contribution in [2.75, 3.05) is 13.6 Å². The first-order chi connectivity index (χ1) is 9.92. The fourth-order valence-electron chi connectivity index (χ4n) is 1.60. The number of nitrogens with zero attached hydrogens (tertiary/aromatic N) is 1. The largest absolute Gasteiger partial charge is 0.434 e. The lowest BCUT2D eigenvalue weighted by molar-refractivity contribution is -0.0504. The smallest absolute Gasteiger partial charge is 0.387 e. The van der Waals surface area contributed by atoms with Gasteiger partial charge in [0.05, 0.1) is 0 Å². The molecule has 0 atom stereocenters. The molecule has 0 saturated carbocycles. The Hall–Kier alpha value is -0.830. The van der Waals surface area contributed by atoms with Crippen molar-refractivity contribution in [2.45, 2.75) is 27.0 Å². The second-order valence-electron chi connectivity index (χ2n) is 4.83. The molecule has 4 nitrogen and oxygen atoms in total. The molecule has 0 amide bonds. The van der Waals surface area contributed by atoms with Crippen LogP contribution < -0.4 is 15.4 Å². The van der Waals surface area contributed by atoms with E-state index in [1.807, 2.05) is 0 Å². The first-order valence-corrected chi connectivity index (χ1v) is 6.98. The van der Waals surface area contributed by atoms with Crippen molar-refractivity contribution in [1.82, 2.24) is 10.6 Å². The van der Waals surface area contributed by atoms with Gasteiger partial charge in [0.1, 0.15) is 5.75 Å². The van der Waals surface area contributed by atoms with Gasteiger partial charge in [0.2, 0.25) is 0 Å². The van der Waals surface area contributed by atoms with E-state index >= 15 is 0 Å². The van der Waals surface area contributed by atoms with Crippen molar-refractivity contribution in [1.29, 1.82) is 0 Å². The third-order valence-electron chi connectivity index (χ3n) is 2.59. The molecular weight excluding hydrogens is 427 g/mol. The Labute approximate surface area is 151 Å². The molecule has 1 aromatic rings. The quantitative estimate of drug-likeness (QED) is 0.395. The molecule has 0 heterocycles. The zero-order valence-corrected chi connectivity index (χ0v) is 15.8. The Morgan fingerprint density at radius 2 is 2.00 bits per heavy atom. The van der Waals surface area contributed by atoms with E-state index in [-0.39, 0.29) is 36.3 Å². The predicted octanol–water partition coefficient (Wildman–Crippen LogP) is 3.88. The Morgan fingerprint density at radius 3 is 2.55 bits per heavy atom. The number of halogens is 4. The highest BCUT2D eigenvalue weighted by Crippen LogP contribution is 2.24. The average Bonchev–Trinajstić information content (AvgIpc) is 2.41. The summed E-state index contributed by atoms with van der Waals surface area (Å²) in [6, 6.07) is 4.52. The standard InChI is InChI=1S/C14H20ClF2N3O.HI/c1-9(2)7-19-14(18-3)20-8-10-6-11(15)4-5-12(10)21-13(16)17;/h4-6,9,13H,7-8H2,1-3H3,(H2,18,19,20);1H. The van der Waals surface area contributed by atoms with Crippen molar-refractivity contribution in [3.63, 3.8) is 0 Å². The van der Waals surface area contributed by atoms with E-state index in [0.717, 1.165) is 6.54 Å². The molecule has 0 spiro atoms. The average molecular weight is 448 g/mol. The zero-order chi connectivity index (χ0) is 15.8. The number of aliphatic imine (C=N–C) groups is 1. The molecule has 8 heteroatoms. The fourth-order valence-corrected chi connectivity index (χ4v) is 1.79. The van der Waals surface area contributed by atoms with E-state index in [0.29, 0.717) is 22.5 Å². The topological polar surface area (TPSA) is 45.7 Å². The maximum Gasteiger partial charge on any atom is 0.387 e. The van der Waals surface area contributed by atoms with Crippen LogP contribution in [0.3, 0.4) is 0 Å². The number of ether oxygens (including phenoxy) is 1. The second kappa shape index (κ2) is 10.8. The van der Waals surface area contributed by atoms with Crippen LogP contribution in [0.15, 0.2) is 23.2 Å². The Balaban J connectivity index is 0.00000441. The monoisotopic (exact) mass is 447 g/mol. The summed E-state index contributed by atoms with van der Waals surface area (Å²) < 4.78 is 29.2. The third-order valence-corrected chi connectivity index (χ3v) is 2.82. The van der Waals surface area contributed by atoms with Gasteiger partial charge in [-0.2, -0.15) is 8.78 Å². The van der Waals surface area contributed by atoms with Gasteiger partial charge in [-0.15, -0.1) is 24.0 Å². The molecule has 0 aliphatic carbocycles. The highest BCUT2D eigenvalue weighted by Gasteiger charge is 2.11. The molecule has 1 rings (SSSR count). The van der Waals surface area contributed by atoms with E-state index in [1.165, 1.54) is 12.1 Å². The number of guanidine groups is 1. The second-order valence-corrected chi connectivity index (χ2v) is 5.27. The maximum atomic E-state index is 12.4. The molecule has 22 heavy (non-hydrogen) atoms. The lowest BCUT2D eigenvalue weighted by Crippen LogP contribution is -2.38. The molecule has 1 aromatic carbocycles. The van der Waals surface area contributed by atoms with Crippen LogP contribution in [0.5, 0.6) is 5.75 Å². The van der Waals surface area contributed by atoms with Gasteiger partial charge in [0.15, 0.2) is 5.96 Å². The molecule has 2 N–H and O–H groups in total. The summed E-state index contributed by atoms with van der Waals surface area (Å²) in [6.07, 6.45) is 0. The zero-order valence-electron chi connectivity index (χ0n) is 12.7. The van der Waals surface area contributed by atoms with E-state index in [2.05, 4.69) is 34.2 Å². The molecule has 0 unspecified atom stereocenters.